The van der Waals surface area contributed by atoms with Gasteiger partial charge in [-0.2, -0.15) is 101 Å². The van der Waals surface area contributed by atoms with Crippen LogP contribution in [0.1, 0.15) is 0 Å². The van der Waals surface area contributed by atoms with Gasteiger partial charge in [0.25, 0.3) is 0 Å². The summed E-state index contributed by atoms with van der Waals surface area (Å²) in [5.41, 5.74) is 0. The highest BCUT2D eigenvalue weighted by molar-refractivity contribution is 4.97. The van der Waals surface area contributed by atoms with Gasteiger partial charge in [0.1, 0.15) is 0 Å². The van der Waals surface area contributed by atoms with Gasteiger partial charge < -0.3 is 0 Å². The largest absolute Gasteiger partial charge is 0.460 e. The smallest absolute Gasteiger partial charge is 0.248 e. The molecule has 0 aromatic heterocycles. The molecule has 0 aliphatic heterocycles. The molecule has 0 aliphatic rings. The van der Waals surface area contributed by atoms with Gasteiger partial charge in [0.05, 0.1) is 0 Å². The van der Waals surface area contributed by atoms with Crippen LogP contribution in [0.3, 0.4) is 0 Å². The van der Waals surface area contributed by atoms with Crippen LogP contribution in [0.5, 0.6) is 0 Å². The Kier molecular flexibility index (Phi) is 9.22. The van der Waals surface area contributed by atoms with E-state index in [9.17, 15) is 101 Å². The Labute approximate surface area is 195 Å². The first-order valence-corrected chi connectivity index (χ1v) is 7.83. The molecule has 0 saturated heterocycles. The quantitative estimate of drug-likeness (QED) is 0.195. The van der Waals surface area contributed by atoms with Gasteiger partial charge in [-0.1, -0.05) is 0 Å². The van der Waals surface area contributed by atoms with Gasteiger partial charge in [-0.25, -0.2) is 18.9 Å². The molecule has 0 fully saturated rings. The standard InChI is InChI=1S/C12H2F23O4/c1-2(13,14)36-7(24,25)8(26,27)38-11(32,33)12(34,35)39-10(30,31)9(28,29)37-6(22,23)4(17,18)3(15,16)5(19,20)21/h1H2. The molecule has 0 amide bonds. The Morgan fingerprint density at radius 1 is 0.282 bits per heavy atom. The molecule has 0 aromatic carbocycles. The van der Waals surface area contributed by atoms with E-state index in [0.717, 1.165) is 9.47 Å². The molecule has 0 saturated carbocycles. The van der Waals surface area contributed by atoms with Crippen molar-refractivity contribution in [2.75, 3.05) is 0 Å². The molecule has 0 aliphatic carbocycles. The zero-order chi connectivity index (χ0) is 32.3. The highest BCUT2D eigenvalue weighted by Crippen LogP contribution is 2.57. The minimum atomic E-state index is -8.32. The third kappa shape index (κ3) is 7.31. The first kappa shape index (κ1) is 37.2. The molecule has 0 heterocycles. The van der Waals surface area contributed by atoms with E-state index in [0.29, 0.717) is 0 Å². The summed E-state index contributed by atoms with van der Waals surface area (Å²) >= 11 is 0. The average Bonchev–Trinajstić information content (AvgIpc) is 2.54. The third-order valence-corrected chi connectivity index (χ3v) is 3.18. The second-order valence-corrected chi connectivity index (χ2v) is 6.31. The number of ether oxygens (including phenoxy) is 4. The Hall–Kier alpha value is -1.77. The number of alkyl halides is 23. The normalized spacial score (nSPS) is 16.6. The van der Waals surface area contributed by atoms with E-state index in [1.165, 1.54) is 11.7 Å². The van der Waals surface area contributed by atoms with Gasteiger partial charge >= 0.3 is 66.9 Å². The van der Waals surface area contributed by atoms with Gasteiger partial charge in [-0.15, -0.1) is 0 Å². The molecule has 0 rings (SSSR count). The van der Waals surface area contributed by atoms with E-state index < -0.39 is 66.9 Å². The summed E-state index contributed by atoms with van der Waals surface area (Å²) in [6.07, 6.45) is -68.4. The summed E-state index contributed by atoms with van der Waals surface area (Å²) in [5.74, 6) is -16.5. The van der Waals surface area contributed by atoms with Crippen LogP contribution in [0, 0.1) is 6.92 Å². The molecule has 0 atom stereocenters. The molecular formula is C12H2F23O4. The lowest BCUT2D eigenvalue weighted by molar-refractivity contribution is -0.582. The van der Waals surface area contributed by atoms with Crippen LogP contribution in [0.2, 0.25) is 0 Å². The summed E-state index contributed by atoms with van der Waals surface area (Å²) in [4.78, 5) is 0. The van der Waals surface area contributed by atoms with Crippen LogP contribution in [0.4, 0.5) is 101 Å². The van der Waals surface area contributed by atoms with Crippen LogP contribution in [-0.2, 0) is 18.9 Å². The van der Waals surface area contributed by atoms with E-state index in [2.05, 4.69) is 0 Å². The lowest BCUT2D eigenvalue weighted by Gasteiger charge is -2.37. The Bertz CT molecular complexity index is 854. The van der Waals surface area contributed by atoms with Crippen molar-refractivity contribution in [2.24, 2.45) is 0 Å². The van der Waals surface area contributed by atoms with Crippen molar-refractivity contribution in [3.63, 3.8) is 0 Å². The molecule has 0 N–H and O–H groups in total. The first-order chi connectivity index (χ1) is 16.3. The number of hydrogen-bond donors (Lipinski definition) is 0. The number of rotatable bonds is 13. The fourth-order valence-electron chi connectivity index (χ4n) is 1.45. The van der Waals surface area contributed by atoms with E-state index in [-0.39, 0.29) is 0 Å². The maximum absolute atomic E-state index is 13.1. The van der Waals surface area contributed by atoms with E-state index in [4.69, 9.17) is 0 Å². The predicted octanol–water partition coefficient (Wildman–Crippen LogP) is 7.46. The molecule has 0 bridgehead atoms. The van der Waals surface area contributed by atoms with Gasteiger partial charge in [-0.05, 0) is 0 Å². The molecule has 0 aromatic rings. The van der Waals surface area contributed by atoms with Crippen LogP contribution in [0.15, 0.2) is 0 Å². The molecule has 39 heavy (non-hydrogen) atoms. The highest BCUT2D eigenvalue weighted by atomic mass is 19.4. The van der Waals surface area contributed by atoms with Crippen LogP contribution in [-0.4, -0.2) is 66.9 Å². The van der Waals surface area contributed by atoms with E-state index in [1.54, 1.807) is 4.74 Å². The van der Waals surface area contributed by atoms with Crippen molar-refractivity contribution in [1.82, 2.24) is 0 Å². The molecule has 4 nitrogen and oxygen atoms in total. The Morgan fingerprint density at radius 2 is 0.487 bits per heavy atom. The van der Waals surface area contributed by atoms with Crippen molar-refractivity contribution in [3.05, 3.63) is 6.92 Å². The lowest BCUT2D eigenvalue weighted by atomic mass is 10.1. The molecule has 1 radical (unpaired) electrons. The second kappa shape index (κ2) is 9.66. The summed E-state index contributed by atoms with van der Waals surface area (Å²) in [6, 6.07) is 0. The summed E-state index contributed by atoms with van der Waals surface area (Å²) in [5, 5.41) is 0. The van der Waals surface area contributed by atoms with Gasteiger partial charge in [-0.3, -0.25) is 0 Å². The van der Waals surface area contributed by atoms with E-state index in [1.807, 2.05) is 0 Å². The molecule has 27 heteroatoms. The van der Waals surface area contributed by atoms with Gasteiger partial charge in [0, 0.05) is 6.92 Å². The maximum atomic E-state index is 13.1. The Balaban J connectivity index is 6.21. The highest BCUT2D eigenvalue weighted by Gasteiger charge is 2.85. The zero-order valence-electron chi connectivity index (χ0n) is 16.5. The summed E-state index contributed by atoms with van der Waals surface area (Å²) in [7, 11) is 0. The molecule has 0 spiro atoms. The fourth-order valence-corrected chi connectivity index (χ4v) is 1.45. The number of hydrogen-bond acceptors (Lipinski definition) is 4. The average molecular weight is 647 g/mol. The molecule has 0 unspecified atom stereocenters. The number of halogens is 23. The third-order valence-electron chi connectivity index (χ3n) is 3.18. The summed E-state index contributed by atoms with van der Waals surface area (Å²) in [6.45, 7) is 1.26. The van der Waals surface area contributed by atoms with Crippen molar-refractivity contribution in [2.45, 2.75) is 66.9 Å². The lowest BCUT2D eigenvalue weighted by Crippen LogP contribution is -2.65. The zero-order valence-corrected chi connectivity index (χ0v) is 16.5. The SMILES string of the molecule is [CH2]C(F)(F)OC(F)(F)C(F)(F)OC(F)(F)C(F)(F)OC(F)(F)C(F)(F)OC(F)(F)C(F)(F)C(F)(F)C(F)(F)F. The topological polar surface area (TPSA) is 36.9 Å². The van der Waals surface area contributed by atoms with Crippen LogP contribution >= 0.6 is 0 Å². The van der Waals surface area contributed by atoms with Crippen molar-refractivity contribution < 1.29 is 120 Å². The van der Waals surface area contributed by atoms with Crippen molar-refractivity contribution >= 4 is 0 Å². The van der Waals surface area contributed by atoms with Crippen LogP contribution < -0.4 is 0 Å². The maximum Gasteiger partial charge on any atom is 0.460 e. The predicted molar refractivity (Wildman–Crippen MR) is 65.2 cm³/mol. The Morgan fingerprint density at radius 3 is 0.692 bits per heavy atom. The molecule has 235 valence electrons. The first-order valence-electron chi connectivity index (χ1n) is 7.83. The summed E-state index contributed by atoms with van der Waals surface area (Å²) < 4.78 is 298. The van der Waals surface area contributed by atoms with Crippen LogP contribution in [0.25, 0.3) is 0 Å². The van der Waals surface area contributed by atoms with Crippen molar-refractivity contribution in [1.29, 1.82) is 0 Å². The molecular weight excluding hydrogens is 645 g/mol. The van der Waals surface area contributed by atoms with E-state index >= 15 is 0 Å². The van der Waals surface area contributed by atoms with Gasteiger partial charge in [0.15, 0.2) is 0 Å². The second-order valence-electron chi connectivity index (χ2n) is 6.31. The monoisotopic (exact) mass is 647 g/mol. The fraction of sp³-hybridized carbons (Fsp3) is 0.917. The minimum Gasteiger partial charge on any atom is -0.248 e. The minimum absolute atomic E-state index is 1.04. The van der Waals surface area contributed by atoms with Gasteiger partial charge in [0.2, 0.25) is 0 Å². The van der Waals surface area contributed by atoms with Crippen molar-refractivity contribution in [3.8, 4) is 0 Å².